The molecule has 3 aliphatic rings. The maximum atomic E-state index is 12.9. The Morgan fingerprint density at radius 2 is 1.59 bits per heavy atom. The number of anilines is 1. The molecule has 1 aliphatic heterocycles. The van der Waals surface area contributed by atoms with Gasteiger partial charge in [-0.05, 0) is 55.4 Å². The van der Waals surface area contributed by atoms with Gasteiger partial charge in [-0.3, -0.25) is 19.3 Å². The van der Waals surface area contributed by atoms with Crippen LogP contribution in [0.25, 0.3) is 0 Å². The number of imide groups is 1. The van der Waals surface area contributed by atoms with Gasteiger partial charge in [-0.2, -0.15) is 0 Å². The van der Waals surface area contributed by atoms with Crippen molar-refractivity contribution in [3.8, 4) is 0 Å². The molecule has 4 rings (SSSR count). The van der Waals surface area contributed by atoms with Crippen molar-refractivity contribution in [2.75, 3.05) is 11.9 Å². The molecule has 8 heteroatoms. The first-order valence-electron chi connectivity index (χ1n) is 10.1. The summed E-state index contributed by atoms with van der Waals surface area (Å²) >= 11 is 7.39. The molecule has 1 N–H and O–H groups in total. The lowest BCUT2D eigenvalue weighted by molar-refractivity contribution is -0.140. The molecule has 5 nitrogen and oxygen atoms in total. The third kappa shape index (κ3) is 3.90. The average Bonchev–Trinajstić information content (AvgIpc) is 3.29. The van der Waals surface area contributed by atoms with Crippen LogP contribution in [0.4, 0.5) is 10.1 Å². The van der Waals surface area contributed by atoms with Gasteiger partial charge in [0.1, 0.15) is 5.82 Å². The summed E-state index contributed by atoms with van der Waals surface area (Å²) in [4.78, 5) is 39.6. The maximum absolute atomic E-state index is 12.9. The third-order valence-electron chi connectivity index (χ3n) is 6.49. The molecule has 1 saturated heterocycles. The Kier molecular flexibility index (Phi) is 6.11. The van der Waals surface area contributed by atoms with E-state index >= 15 is 0 Å². The van der Waals surface area contributed by atoms with Crippen molar-refractivity contribution in [3.05, 3.63) is 30.1 Å². The molecule has 0 radical (unpaired) electrons. The summed E-state index contributed by atoms with van der Waals surface area (Å²) in [5.41, 5.74) is 0.570. The minimum atomic E-state index is -0.343. The zero-order chi connectivity index (χ0) is 20.7. The van der Waals surface area contributed by atoms with Crippen molar-refractivity contribution in [1.29, 1.82) is 0 Å². The van der Waals surface area contributed by atoms with Crippen molar-refractivity contribution >= 4 is 55.3 Å². The molecule has 2 saturated carbocycles. The van der Waals surface area contributed by atoms with Gasteiger partial charge in [0.15, 0.2) is 0 Å². The zero-order valence-corrected chi connectivity index (χ0v) is 19.0. The lowest BCUT2D eigenvalue weighted by Crippen LogP contribution is -2.37. The minimum Gasteiger partial charge on any atom is -0.326 e. The number of rotatable bonds is 7. The number of amides is 3. The van der Waals surface area contributed by atoms with E-state index < -0.39 is 0 Å². The van der Waals surface area contributed by atoms with Gasteiger partial charge in [0, 0.05) is 28.3 Å². The van der Waals surface area contributed by atoms with Crippen molar-refractivity contribution < 1.29 is 18.8 Å². The van der Waals surface area contributed by atoms with Crippen LogP contribution in [0.1, 0.15) is 32.1 Å². The number of hydrogen-bond donors (Lipinski definition) is 1. The number of hydrogen-bond acceptors (Lipinski definition) is 3. The van der Waals surface area contributed by atoms with Crippen LogP contribution >= 0.6 is 31.9 Å². The highest BCUT2D eigenvalue weighted by Gasteiger charge is 2.66. The molecule has 1 aromatic rings. The first-order chi connectivity index (χ1) is 13.9. The van der Waals surface area contributed by atoms with Crippen LogP contribution in [0.3, 0.4) is 0 Å². The van der Waals surface area contributed by atoms with Crippen molar-refractivity contribution in [1.82, 2.24) is 4.90 Å². The highest BCUT2D eigenvalue weighted by molar-refractivity contribution is 9.12. The van der Waals surface area contributed by atoms with E-state index in [-0.39, 0.29) is 56.9 Å². The Morgan fingerprint density at radius 1 is 1.00 bits per heavy atom. The molecule has 1 heterocycles. The molecule has 0 spiro atoms. The normalized spacial score (nSPS) is 32.7. The van der Waals surface area contributed by atoms with E-state index in [4.69, 9.17) is 0 Å². The highest BCUT2D eigenvalue weighted by Crippen LogP contribution is 2.60. The first kappa shape index (κ1) is 21.0. The van der Waals surface area contributed by atoms with Gasteiger partial charge in [-0.1, -0.05) is 38.3 Å². The molecule has 0 unspecified atom stereocenters. The van der Waals surface area contributed by atoms with Crippen molar-refractivity contribution in [3.63, 3.8) is 0 Å². The number of nitrogens with zero attached hydrogens (tertiary/aromatic N) is 1. The number of unbranched alkanes of at least 4 members (excludes halogenated alkanes) is 2. The number of carbonyl (C=O) groups is 3. The van der Waals surface area contributed by atoms with Crippen LogP contribution in [0, 0.1) is 29.5 Å². The molecule has 3 fully saturated rings. The van der Waals surface area contributed by atoms with Gasteiger partial charge in [0.05, 0.1) is 11.8 Å². The molecule has 2 bridgehead atoms. The van der Waals surface area contributed by atoms with Crippen molar-refractivity contribution in [2.45, 2.75) is 41.8 Å². The van der Waals surface area contributed by atoms with E-state index in [1.54, 1.807) is 0 Å². The molecule has 156 valence electrons. The maximum Gasteiger partial charge on any atom is 0.233 e. The molecule has 6 atom stereocenters. The summed E-state index contributed by atoms with van der Waals surface area (Å²) < 4.78 is 12.9. The SMILES string of the molecule is O=C(CCCCCN1C(=O)[C@@H]2[C@H]3C[C@@H]([C@H](Br)[C@H]3Br)[C@H]2C1=O)Nc1ccc(F)cc1. The van der Waals surface area contributed by atoms with Gasteiger partial charge < -0.3 is 5.32 Å². The smallest absolute Gasteiger partial charge is 0.233 e. The number of fused-ring (bicyclic) bond motifs is 5. The van der Waals surface area contributed by atoms with Gasteiger partial charge in [0.25, 0.3) is 0 Å². The van der Waals surface area contributed by atoms with E-state index in [1.165, 1.54) is 29.2 Å². The Morgan fingerprint density at radius 3 is 2.17 bits per heavy atom. The Labute approximate surface area is 186 Å². The van der Waals surface area contributed by atoms with Gasteiger partial charge >= 0.3 is 0 Å². The Balaban J connectivity index is 1.20. The summed E-state index contributed by atoms with van der Waals surface area (Å²) in [6.45, 7) is 0.434. The summed E-state index contributed by atoms with van der Waals surface area (Å²) in [6, 6.07) is 5.65. The molecule has 3 amide bonds. The summed E-state index contributed by atoms with van der Waals surface area (Å²) in [5.74, 6) is -0.320. The van der Waals surface area contributed by atoms with E-state index in [1.807, 2.05) is 0 Å². The fourth-order valence-electron chi connectivity index (χ4n) is 5.12. The fraction of sp³-hybridized carbons (Fsp3) is 0.571. The minimum absolute atomic E-state index is 0.00889. The van der Waals surface area contributed by atoms with Crippen LogP contribution < -0.4 is 5.32 Å². The number of alkyl halides is 2. The standard InChI is InChI=1S/C21H23Br2FN2O3/c22-18-13-10-14(19(18)23)17-16(13)20(28)26(21(17)29)9-3-1-2-4-15(27)25-12-7-5-11(24)6-8-12/h5-8,13-14,16-19H,1-4,9-10H2,(H,25,27)/t13-,14-,16-,17-,18+,19+/m1/s1. The second-order valence-electron chi connectivity index (χ2n) is 8.20. The monoisotopic (exact) mass is 528 g/mol. The third-order valence-corrected chi connectivity index (χ3v) is 9.70. The number of halogens is 3. The Bertz CT molecular complexity index is 787. The van der Waals surface area contributed by atoms with Crippen LogP contribution in [-0.4, -0.2) is 38.8 Å². The average molecular weight is 530 g/mol. The molecular weight excluding hydrogens is 507 g/mol. The number of benzene rings is 1. The van der Waals surface area contributed by atoms with Gasteiger partial charge in [0.2, 0.25) is 17.7 Å². The molecular formula is C21H23Br2FN2O3. The predicted octanol–water partition coefficient (Wildman–Crippen LogP) is 4.10. The number of carbonyl (C=O) groups excluding carboxylic acids is 3. The van der Waals surface area contributed by atoms with Crippen LogP contribution in [0.5, 0.6) is 0 Å². The first-order valence-corrected chi connectivity index (χ1v) is 11.9. The second-order valence-corrected chi connectivity index (χ2v) is 10.3. The molecule has 0 aromatic heterocycles. The summed E-state index contributed by atoms with van der Waals surface area (Å²) in [7, 11) is 0. The van der Waals surface area contributed by atoms with E-state index in [2.05, 4.69) is 37.2 Å². The van der Waals surface area contributed by atoms with E-state index in [0.717, 1.165) is 12.8 Å². The summed E-state index contributed by atoms with van der Waals surface area (Å²) in [6.07, 6.45) is 3.43. The molecule has 2 aliphatic carbocycles. The molecule has 1 aromatic carbocycles. The van der Waals surface area contributed by atoms with Gasteiger partial charge in [-0.15, -0.1) is 0 Å². The van der Waals surface area contributed by atoms with Crippen molar-refractivity contribution in [2.24, 2.45) is 23.7 Å². The lowest BCUT2D eigenvalue weighted by atomic mass is 9.81. The second kappa shape index (κ2) is 8.46. The summed E-state index contributed by atoms with van der Waals surface area (Å²) in [5, 5.41) is 2.73. The topological polar surface area (TPSA) is 66.5 Å². The fourth-order valence-corrected chi connectivity index (χ4v) is 6.99. The van der Waals surface area contributed by atoms with E-state index in [9.17, 15) is 18.8 Å². The Hall–Kier alpha value is -1.28. The quantitative estimate of drug-likeness (QED) is 0.328. The lowest BCUT2D eigenvalue weighted by Gasteiger charge is -2.28. The van der Waals surface area contributed by atoms with E-state index in [0.29, 0.717) is 31.5 Å². The van der Waals surface area contributed by atoms with Crippen LogP contribution in [0.2, 0.25) is 0 Å². The zero-order valence-electron chi connectivity index (χ0n) is 15.8. The number of nitrogens with one attached hydrogen (secondary N) is 1. The van der Waals surface area contributed by atoms with Crippen LogP contribution in [-0.2, 0) is 14.4 Å². The number of likely N-dealkylation sites (tertiary alicyclic amines) is 1. The molecule has 29 heavy (non-hydrogen) atoms. The van der Waals surface area contributed by atoms with Gasteiger partial charge in [-0.25, -0.2) is 4.39 Å². The largest absolute Gasteiger partial charge is 0.326 e. The van der Waals surface area contributed by atoms with Crippen LogP contribution in [0.15, 0.2) is 24.3 Å². The predicted molar refractivity (Wildman–Crippen MR) is 114 cm³/mol. The highest BCUT2D eigenvalue weighted by atomic mass is 79.9.